The fraction of sp³-hybridized carbons (Fsp3) is 0.0392. The van der Waals surface area contributed by atoms with Crippen molar-refractivity contribution in [3.63, 3.8) is 0 Å². The SMILES string of the molecule is c1ccc(C2=NC(c3ccccc3)N2n2c3ccc(-c4ccccc4)cc3c3cc4c(cc32)-c2ccccc2C4(c2ccccc2)c2ccccc2)cc1. The van der Waals surface area contributed by atoms with Crippen molar-refractivity contribution in [2.75, 3.05) is 5.01 Å². The van der Waals surface area contributed by atoms with Gasteiger partial charge >= 0.3 is 0 Å². The topological polar surface area (TPSA) is 20.5 Å². The molecule has 0 bridgehead atoms. The van der Waals surface area contributed by atoms with Crippen LogP contribution in [0.15, 0.2) is 211 Å². The fourth-order valence-electron chi connectivity index (χ4n) is 9.10. The van der Waals surface area contributed by atoms with Crippen LogP contribution in [0.2, 0.25) is 0 Å². The monoisotopic (exact) mass is 689 g/mol. The number of nitrogens with zero attached hydrogens (tertiary/aromatic N) is 3. The van der Waals surface area contributed by atoms with Gasteiger partial charge in [0.25, 0.3) is 0 Å². The maximum Gasteiger partial charge on any atom is 0.170 e. The minimum Gasteiger partial charge on any atom is -0.249 e. The van der Waals surface area contributed by atoms with E-state index in [0.717, 1.165) is 28.0 Å². The molecule has 2 aliphatic rings. The van der Waals surface area contributed by atoms with E-state index >= 15 is 0 Å². The average molecular weight is 690 g/mol. The van der Waals surface area contributed by atoms with Crippen LogP contribution in [-0.4, -0.2) is 10.5 Å². The lowest BCUT2D eigenvalue weighted by molar-refractivity contribution is 0.567. The van der Waals surface area contributed by atoms with Gasteiger partial charge in [-0.05, 0) is 74.3 Å². The summed E-state index contributed by atoms with van der Waals surface area (Å²) in [4.78, 5) is 5.31. The Morgan fingerprint density at radius 2 is 0.963 bits per heavy atom. The first kappa shape index (κ1) is 30.6. The predicted molar refractivity (Wildman–Crippen MR) is 223 cm³/mol. The normalized spacial score (nSPS) is 15.4. The number of aliphatic imine (C=N–C) groups is 1. The number of benzene rings is 8. The third-order valence-electron chi connectivity index (χ3n) is 11.5. The molecule has 8 aromatic carbocycles. The number of hydrogen-bond acceptors (Lipinski definition) is 2. The van der Waals surface area contributed by atoms with E-state index in [2.05, 4.69) is 216 Å². The summed E-state index contributed by atoms with van der Waals surface area (Å²) >= 11 is 0. The Labute approximate surface area is 314 Å². The van der Waals surface area contributed by atoms with Crippen molar-refractivity contribution in [1.29, 1.82) is 0 Å². The minimum atomic E-state index is -0.492. The van der Waals surface area contributed by atoms with Crippen molar-refractivity contribution in [1.82, 2.24) is 4.68 Å². The molecule has 2 heterocycles. The second-order valence-electron chi connectivity index (χ2n) is 14.3. The lowest BCUT2D eigenvalue weighted by atomic mass is 9.67. The number of aromatic nitrogens is 1. The molecule has 254 valence electrons. The first-order chi connectivity index (χ1) is 26.8. The molecule has 54 heavy (non-hydrogen) atoms. The molecular formula is C51H35N3. The summed E-state index contributed by atoms with van der Waals surface area (Å²) in [6.45, 7) is 0. The van der Waals surface area contributed by atoms with Gasteiger partial charge in [-0.25, -0.2) is 14.7 Å². The molecule has 1 aromatic heterocycles. The molecule has 0 fully saturated rings. The summed E-state index contributed by atoms with van der Waals surface area (Å²) in [5, 5.41) is 4.84. The zero-order chi connectivity index (χ0) is 35.6. The van der Waals surface area contributed by atoms with Crippen LogP contribution in [-0.2, 0) is 5.41 Å². The average Bonchev–Trinajstić information content (AvgIpc) is 3.70. The van der Waals surface area contributed by atoms with Gasteiger partial charge in [-0.3, -0.25) is 0 Å². The van der Waals surface area contributed by atoms with Crippen molar-refractivity contribution in [2.24, 2.45) is 4.99 Å². The van der Waals surface area contributed by atoms with Crippen molar-refractivity contribution in [3.8, 4) is 22.3 Å². The van der Waals surface area contributed by atoms with Gasteiger partial charge in [-0.1, -0.05) is 182 Å². The highest BCUT2D eigenvalue weighted by atomic mass is 15.7. The molecule has 0 N–H and O–H groups in total. The van der Waals surface area contributed by atoms with Crippen molar-refractivity contribution < 1.29 is 0 Å². The van der Waals surface area contributed by atoms with Crippen LogP contribution >= 0.6 is 0 Å². The van der Waals surface area contributed by atoms with E-state index in [1.165, 1.54) is 55.3 Å². The molecule has 1 atom stereocenters. The largest absolute Gasteiger partial charge is 0.249 e. The molecular weight excluding hydrogens is 655 g/mol. The smallest absolute Gasteiger partial charge is 0.170 e. The van der Waals surface area contributed by atoms with Crippen LogP contribution in [0.1, 0.15) is 39.5 Å². The van der Waals surface area contributed by atoms with Crippen molar-refractivity contribution in [3.05, 3.63) is 240 Å². The Morgan fingerprint density at radius 3 is 1.63 bits per heavy atom. The second-order valence-corrected chi connectivity index (χ2v) is 14.3. The lowest BCUT2D eigenvalue weighted by Gasteiger charge is -2.41. The molecule has 0 spiro atoms. The lowest BCUT2D eigenvalue weighted by Crippen LogP contribution is -2.50. The van der Waals surface area contributed by atoms with Crippen molar-refractivity contribution in [2.45, 2.75) is 11.6 Å². The van der Waals surface area contributed by atoms with E-state index < -0.39 is 5.41 Å². The molecule has 11 rings (SSSR count). The quantitative estimate of drug-likeness (QED) is 0.170. The molecule has 1 aliphatic heterocycles. The standard InChI is InChI=1S/C51H35N3/c1-6-18-35(19-7-1)38-30-31-47-43(32-38)44-33-46-42(41-28-16-17-29-45(41)51(46,39-24-12-4-13-25-39)40-26-14-5-15-27-40)34-48(44)53(47)54-49(36-20-8-2-9-21-36)52-50(54)37-22-10-3-11-23-37/h1-34,49H. The van der Waals surface area contributed by atoms with Gasteiger partial charge in [-0.2, -0.15) is 0 Å². The van der Waals surface area contributed by atoms with Crippen LogP contribution in [0.3, 0.4) is 0 Å². The Bertz CT molecular complexity index is 2820. The number of hydrogen-bond donors (Lipinski definition) is 0. The highest BCUT2D eigenvalue weighted by Gasteiger charge is 2.47. The van der Waals surface area contributed by atoms with Gasteiger partial charge in [-0.15, -0.1) is 0 Å². The van der Waals surface area contributed by atoms with Crippen LogP contribution < -0.4 is 5.01 Å². The van der Waals surface area contributed by atoms with Crippen molar-refractivity contribution >= 4 is 27.6 Å². The molecule has 0 amide bonds. The zero-order valence-corrected chi connectivity index (χ0v) is 29.5. The third kappa shape index (κ3) is 4.39. The summed E-state index contributed by atoms with van der Waals surface area (Å²) < 4.78 is 2.44. The Kier molecular flexibility index (Phi) is 6.83. The summed E-state index contributed by atoms with van der Waals surface area (Å²) in [5.41, 5.74) is 14.1. The van der Waals surface area contributed by atoms with E-state index in [0.29, 0.717) is 0 Å². The van der Waals surface area contributed by atoms with Gasteiger partial charge in [0.1, 0.15) is 0 Å². The van der Waals surface area contributed by atoms with E-state index in [9.17, 15) is 0 Å². The minimum absolute atomic E-state index is 0.178. The summed E-state index contributed by atoms with van der Waals surface area (Å²) in [6, 6.07) is 75.1. The van der Waals surface area contributed by atoms with E-state index in [-0.39, 0.29) is 6.17 Å². The zero-order valence-electron chi connectivity index (χ0n) is 29.5. The van der Waals surface area contributed by atoms with Gasteiger partial charge in [0.15, 0.2) is 12.0 Å². The maximum atomic E-state index is 5.31. The molecule has 9 aromatic rings. The van der Waals surface area contributed by atoms with Gasteiger partial charge in [0.2, 0.25) is 0 Å². The second kappa shape index (κ2) is 12.0. The van der Waals surface area contributed by atoms with Crippen LogP contribution in [0.4, 0.5) is 0 Å². The van der Waals surface area contributed by atoms with Crippen LogP contribution in [0.5, 0.6) is 0 Å². The molecule has 3 nitrogen and oxygen atoms in total. The molecule has 0 saturated carbocycles. The van der Waals surface area contributed by atoms with Gasteiger partial charge in [0, 0.05) is 16.3 Å². The molecule has 1 unspecified atom stereocenters. The molecule has 0 radical (unpaired) electrons. The highest BCUT2D eigenvalue weighted by Crippen LogP contribution is 2.57. The Morgan fingerprint density at radius 1 is 0.407 bits per heavy atom. The summed E-state index contributed by atoms with van der Waals surface area (Å²) in [7, 11) is 0. The number of rotatable bonds is 6. The summed E-state index contributed by atoms with van der Waals surface area (Å²) in [5.74, 6) is 0.958. The fourth-order valence-corrected chi connectivity index (χ4v) is 9.10. The molecule has 1 aliphatic carbocycles. The van der Waals surface area contributed by atoms with Crippen LogP contribution in [0, 0.1) is 0 Å². The third-order valence-corrected chi connectivity index (χ3v) is 11.5. The highest BCUT2D eigenvalue weighted by molar-refractivity contribution is 6.16. The Hall–Kier alpha value is -6.97. The number of amidine groups is 1. The van der Waals surface area contributed by atoms with E-state index in [4.69, 9.17) is 4.99 Å². The predicted octanol–water partition coefficient (Wildman–Crippen LogP) is 11.9. The Balaban J connectivity index is 1.26. The van der Waals surface area contributed by atoms with Gasteiger partial charge in [0.05, 0.1) is 16.4 Å². The molecule has 3 heteroatoms. The summed E-state index contributed by atoms with van der Waals surface area (Å²) in [6.07, 6.45) is -0.178. The van der Waals surface area contributed by atoms with Crippen LogP contribution in [0.25, 0.3) is 44.1 Å². The first-order valence-electron chi connectivity index (χ1n) is 18.7. The van der Waals surface area contributed by atoms with E-state index in [1.807, 2.05) is 0 Å². The van der Waals surface area contributed by atoms with Gasteiger partial charge < -0.3 is 0 Å². The molecule has 0 saturated heterocycles. The first-order valence-corrected chi connectivity index (χ1v) is 18.7. The number of fused-ring (bicyclic) bond motifs is 6. The maximum absolute atomic E-state index is 5.31. The van der Waals surface area contributed by atoms with E-state index in [1.54, 1.807) is 0 Å².